The van der Waals surface area contributed by atoms with Gasteiger partial charge in [0.25, 0.3) is 5.91 Å². The maximum Gasteiger partial charge on any atom is 0.257 e. The van der Waals surface area contributed by atoms with Crippen LogP contribution in [0.3, 0.4) is 0 Å². The molecule has 6 heteroatoms. The summed E-state index contributed by atoms with van der Waals surface area (Å²) in [6, 6.07) is 7.75. The quantitative estimate of drug-likeness (QED) is 0.831. The molecule has 1 atom stereocenters. The number of anilines is 1. The van der Waals surface area contributed by atoms with Crippen LogP contribution in [0.4, 0.5) is 5.13 Å². The monoisotopic (exact) mass is 385 g/mol. The molecule has 0 aliphatic heterocycles. The Hall–Kier alpha value is -2.21. The van der Waals surface area contributed by atoms with E-state index in [9.17, 15) is 9.59 Å². The zero-order valence-corrected chi connectivity index (χ0v) is 17.4. The highest BCUT2D eigenvalue weighted by atomic mass is 32.1. The SMILES string of the molecule is Cc1ccc(C(=O)Nc2nc3c(s2)CCC3C(=O)N(C(C)C)C(C)C)cc1. The van der Waals surface area contributed by atoms with Crippen LogP contribution in [-0.2, 0) is 11.2 Å². The number of rotatable bonds is 5. The molecule has 1 aliphatic rings. The third-order valence-electron chi connectivity index (χ3n) is 4.92. The third kappa shape index (κ3) is 4.05. The summed E-state index contributed by atoms with van der Waals surface area (Å²) in [5.41, 5.74) is 2.56. The highest BCUT2D eigenvalue weighted by Crippen LogP contribution is 2.39. The second-order valence-corrected chi connectivity index (χ2v) is 8.76. The fourth-order valence-corrected chi connectivity index (χ4v) is 4.71. The number of fused-ring (bicyclic) bond motifs is 1. The molecule has 0 saturated carbocycles. The highest BCUT2D eigenvalue weighted by molar-refractivity contribution is 7.16. The predicted octanol–water partition coefficient (Wildman–Crippen LogP) is 4.38. The summed E-state index contributed by atoms with van der Waals surface area (Å²) < 4.78 is 0. The second-order valence-electron chi connectivity index (χ2n) is 7.67. The standard InChI is InChI=1S/C21H27N3O2S/c1-12(2)24(13(3)4)20(26)16-10-11-17-18(16)22-21(27-17)23-19(25)15-8-6-14(5)7-9-15/h6-9,12-13,16H,10-11H2,1-5H3,(H,22,23,25). The van der Waals surface area contributed by atoms with Crippen molar-refractivity contribution in [2.75, 3.05) is 5.32 Å². The second kappa shape index (κ2) is 7.80. The molecule has 1 aromatic heterocycles. The molecule has 2 aromatic rings. The van der Waals surface area contributed by atoms with E-state index in [1.165, 1.54) is 11.3 Å². The first-order valence-electron chi connectivity index (χ1n) is 9.47. The maximum absolute atomic E-state index is 13.1. The molecule has 3 rings (SSSR count). The maximum atomic E-state index is 13.1. The first kappa shape index (κ1) is 19.5. The number of nitrogens with one attached hydrogen (secondary N) is 1. The van der Waals surface area contributed by atoms with Gasteiger partial charge < -0.3 is 4.90 Å². The van der Waals surface area contributed by atoms with Gasteiger partial charge in [0.1, 0.15) is 0 Å². The summed E-state index contributed by atoms with van der Waals surface area (Å²) in [6.07, 6.45) is 1.64. The van der Waals surface area contributed by atoms with Gasteiger partial charge in [-0.1, -0.05) is 17.7 Å². The van der Waals surface area contributed by atoms with Gasteiger partial charge in [0.15, 0.2) is 5.13 Å². The molecule has 1 heterocycles. The van der Waals surface area contributed by atoms with Crippen molar-refractivity contribution in [1.29, 1.82) is 0 Å². The number of carbonyl (C=O) groups excluding carboxylic acids is 2. The zero-order chi connectivity index (χ0) is 19.7. The van der Waals surface area contributed by atoms with E-state index in [4.69, 9.17) is 0 Å². The topological polar surface area (TPSA) is 62.3 Å². The predicted molar refractivity (Wildman–Crippen MR) is 109 cm³/mol. The Morgan fingerprint density at radius 2 is 1.78 bits per heavy atom. The average Bonchev–Trinajstić information content (AvgIpc) is 3.14. The lowest BCUT2D eigenvalue weighted by molar-refractivity contribution is -0.136. The lowest BCUT2D eigenvalue weighted by Gasteiger charge is -2.33. The molecule has 1 unspecified atom stereocenters. The Morgan fingerprint density at radius 3 is 2.37 bits per heavy atom. The van der Waals surface area contributed by atoms with Gasteiger partial charge in [-0.2, -0.15) is 0 Å². The zero-order valence-electron chi connectivity index (χ0n) is 16.6. The summed E-state index contributed by atoms with van der Waals surface area (Å²) in [7, 11) is 0. The van der Waals surface area contributed by atoms with Crippen LogP contribution >= 0.6 is 11.3 Å². The minimum absolute atomic E-state index is 0.139. The Balaban J connectivity index is 1.77. The summed E-state index contributed by atoms with van der Waals surface area (Å²) >= 11 is 1.48. The number of aromatic nitrogens is 1. The molecule has 2 amide bonds. The number of carbonyl (C=O) groups is 2. The van der Waals surface area contributed by atoms with Crippen molar-refractivity contribution < 1.29 is 9.59 Å². The number of hydrogen-bond acceptors (Lipinski definition) is 4. The van der Waals surface area contributed by atoms with Crippen LogP contribution in [0.2, 0.25) is 0 Å². The smallest absolute Gasteiger partial charge is 0.257 e. The van der Waals surface area contributed by atoms with Crippen LogP contribution in [0, 0.1) is 6.92 Å². The van der Waals surface area contributed by atoms with E-state index in [-0.39, 0.29) is 29.8 Å². The third-order valence-corrected chi connectivity index (χ3v) is 5.96. The molecule has 1 N–H and O–H groups in total. The molecule has 0 fully saturated rings. The molecule has 1 aromatic carbocycles. The van der Waals surface area contributed by atoms with Gasteiger partial charge in [-0.05, 0) is 59.6 Å². The number of nitrogens with zero attached hydrogens (tertiary/aromatic N) is 2. The molecule has 144 valence electrons. The molecular formula is C21H27N3O2S. The Morgan fingerprint density at radius 1 is 1.15 bits per heavy atom. The lowest BCUT2D eigenvalue weighted by Crippen LogP contribution is -2.44. The summed E-state index contributed by atoms with van der Waals surface area (Å²) in [4.78, 5) is 33.2. The Labute approximate surface area is 164 Å². The summed E-state index contributed by atoms with van der Waals surface area (Å²) in [5, 5.41) is 3.46. The molecule has 0 spiro atoms. The minimum atomic E-state index is -0.203. The lowest BCUT2D eigenvalue weighted by atomic mass is 10.0. The van der Waals surface area contributed by atoms with Crippen LogP contribution in [0.15, 0.2) is 24.3 Å². The van der Waals surface area contributed by atoms with Gasteiger partial charge in [0.05, 0.1) is 11.6 Å². The van der Waals surface area contributed by atoms with E-state index >= 15 is 0 Å². The van der Waals surface area contributed by atoms with E-state index in [1.54, 1.807) is 12.1 Å². The van der Waals surface area contributed by atoms with E-state index in [1.807, 2.05) is 51.7 Å². The normalized spacial score (nSPS) is 15.9. The van der Waals surface area contributed by atoms with Crippen molar-refractivity contribution in [3.63, 3.8) is 0 Å². The summed E-state index contributed by atoms with van der Waals surface area (Å²) in [5.74, 6) is -0.233. The van der Waals surface area contributed by atoms with Gasteiger partial charge in [0, 0.05) is 22.5 Å². The highest BCUT2D eigenvalue weighted by Gasteiger charge is 2.36. The Kier molecular flexibility index (Phi) is 5.65. The van der Waals surface area contributed by atoms with Gasteiger partial charge in [0.2, 0.25) is 5.91 Å². The number of aryl methyl sites for hydroxylation is 2. The molecular weight excluding hydrogens is 358 g/mol. The fraction of sp³-hybridized carbons (Fsp3) is 0.476. The van der Waals surface area contributed by atoms with E-state index in [0.717, 1.165) is 29.0 Å². The molecule has 5 nitrogen and oxygen atoms in total. The van der Waals surface area contributed by atoms with Crippen LogP contribution in [0.5, 0.6) is 0 Å². The minimum Gasteiger partial charge on any atom is -0.337 e. The van der Waals surface area contributed by atoms with E-state index < -0.39 is 0 Å². The molecule has 0 saturated heterocycles. The van der Waals surface area contributed by atoms with Gasteiger partial charge in [-0.15, -0.1) is 11.3 Å². The van der Waals surface area contributed by atoms with Crippen LogP contribution < -0.4 is 5.32 Å². The van der Waals surface area contributed by atoms with Crippen molar-refractivity contribution in [3.05, 3.63) is 46.0 Å². The van der Waals surface area contributed by atoms with Crippen molar-refractivity contribution in [1.82, 2.24) is 9.88 Å². The van der Waals surface area contributed by atoms with Gasteiger partial charge in [-0.25, -0.2) is 4.98 Å². The average molecular weight is 386 g/mol. The van der Waals surface area contributed by atoms with Crippen molar-refractivity contribution in [2.45, 2.75) is 65.5 Å². The molecule has 0 bridgehead atoms. The van der Waals surface area contributed by atoms with Gasteiger partial charge in [-0.3, -0.25) is 14.9 Å². The molecule has 27 heavy (non-hydrogen) atoms. The fourth-order valence-electron chi connectivity index (χ4n) is 3.68. The first-order chi connectivity index (χ1) is 12.8. The molecule has 1 aliphatic carbocycles. The van der Waals surface area contributed by atoms with Crippen molar-refractivity contribution >= 4 is 28.3 Å². The first-order valence-corrected chi connectivity index (χ1v) is 10.3. The van der Waals surface area contributed by atoms with E-state index in [2.05, 4.69) is 10.3 Å². The van der Waals surface area contributed by atoms with E-state index in [0.29, 0.717) is 10.7 Å². The number of benzene rings is 1. The molecule has 0 radical (unpaired) electrons. The number of thiazole rings is 1. The Bertz CT molecular complexity index is 832. The van der Waals surface area contributed by atoms with Crippen molar-refractivity contribution in [2.24, 2.45) is 0 Å². The number of hydrogen-bond donors (Lipinski definition) is 1. The van der Waals surface area contributed by atoms with Crippen LogP contribution in [0.25, 0.3) is 0 Å². The number of amides is 2. The van der Waals surface area contributed by atoms with Crippen molar-refractivity contribution in [3.8, 4) is 0 Å². The van der Waals surface area contributed by atoms with Crippen LogP contribution in [-0.4, -0.2) is 33.8 Å². The largest absolute Gasteiger partial charge is 0.337 e. The van der Waals surface area contributed by atoms with Crippen LogP contribution in [0.1, 0.15) is 66.5 Å². The summed E-state index contributed by atoms with van der Waals surface area (Å²) in [6.45, 7) is 10.2. The van der Waals surface area contributed by atoms with Gasteiger partial charge >= 0.3 is 0 Å².